The van der Waals surface area contributed by atoms with E-state index in [9.17, 15) is 4.79 Å². The molecule has 0 bridgehead atoms. The molecule has 208 valence electrons. The van der Waals surface area contributed by atoms with Crippen LogP contribution in [0, 0.1) is 0 Å². The fourth-order valence-corrected chi connectivity index (χ4v) is 5.10. The zero-order valence-corrected chi connectivity index (χ0v) is 24.4. The molecule has 0 atom stereocenters. The minimum absolute atomic E-state index is 0.196. The van der Waals surface area contributed by atoms with Gasteiger partial charge in [-0.2, -0.15) is 0 Å². The zero-order valence-electron chi connectivity index (χ0n) is 24.4. The van der Waals surface area contributed by atoms with Gasteiger partial charge in [0.1, 0.15) is 0 Å². The van der Waals surface area contributed by atoms with Crippen LogP contribution in [0.5, 0.6) is 0 Å². The van der Waals surface area contributed by atoms with Gasteiger partial charge in [-0.1, -0.05) is 174 Å². The Morgan fingerprint density at radius 3 is 1.06 bits per heavy atom. The molecule has 0 unspecified atom stereocenters. The minimum atomic E-state index is -0.196. The largest absolute Gasteiger partial charge is 0.366 e. The Labute approximate surface area is 221 Å². The first-order valence-electron chi connectivity index (χ1n) is 16.2. The first kappa shape index (κ1) is 34.2. The topological polar surface area (TPSA) is 43.1 Å². The third kappa shape index (κ3) is 27.6. The molecular weight excluding hydrogens is 426 g/mol. The number of allylic oxidation sites excluding steroid dienone is 1. The zero-order chi connectivity index (χ0) is 25.7. The van der Waals surface area contributed by atoms with Crippen LogP contribution in [0.1, 0.15) is 194 Å². The second kappa shape index (κ2) is 29.4. The van der Waals surface area contributed by atoms with Crippen molar-refractivity contribution in [3.63, 3.8) is 0 Å². The monoisotopic (exact) mass is 492 g/mol. The van der Waals surface area contributed by atoms with Crippen LogP contribution in [0.3, 0.4) is 0 Å². The highest BCUT2D eigenvalue weighted by Gasteiger charge is 2.04. The van der Waals surface area contributed by atoms with Crippen LogP contribution in [-0.2, 0) is 4.79 Å². The van der Waals surface area contributed by atoms with Gasteiger partial charge in [0.15, 0.2) is 0 Å². The second-order valence-electron chi connectivity index (χ2n) is 11.1. The predicted molar refractivity (Wildman–Crippen MR) is 158 cm³/mol. The van der Waals surface area contributed by atoms with Gasteiger partial charge in [-0.3, -0.25) is 4.79 Å². The molecule has 2 N–H and O–H groups in total. The number of hydrogen-bond acceptors (Lipinski definition) is 1. The number of carbonyl (C=O) groups is 1. The normalized spacial score (nSPS) is 11.9. The summed E-state index contributed by atoms with van der Waals surface area (Å²) in [5, 5.41) is 0. The summed E-state index contributed by atoms with van der Waals surface area (Å²) in [6, 6.07) is 0. The molecule has 1 amide bonds. The molecule has 0 heterocycles. The number of nitrogens with two attached hydrogens (primary N) is 1. The van der Waals surface area contributed by atoms with Gasteiger partial charge in [-0.15, -0.1) is 0 Å². The number of primary amides is 1. The molecular formula is C33H65NO. The highest BCUT2D eigenvalue weighted by molar-refractivity contribution is 5.91. The van der Waals surface area contributed by atoms with Crippen molar-refractivity contribution >= 4 is 5.91 Å². The average molecular weight is 492 g/mol. The molecule has 0 rings (SSSR count). The summed E-state index contributed by atoms with van der Waals surface area (Å²) >= 11 is 0. The molecule has 35 heavy (non-hydrogen) atoms. The van der Waals surface area contributed by atoms with Gasteiger partial charge in [0, 0.05) is 5.57 Å². The summed E-state index contributed by atoms with van der Waals surface area (Å²) in [6.45, 7) is 4.57. The van der Waals surface area contributed by atoms with E-state index >= 15 is 0 Å². The molecule has 0 aliphatic carbocycles. The minimum Gasteiger partial charge on any atom is -0.366 e. The summed E-state index contributed by atoms with van der Waals surface area (Å²) in [7, 11) is 0. The number of amides is 1. The lowest BCUT2D eigenvalue weighted by Crippen LogP contribution is -2.14. The maximum atomic E-state index is 11.8. The van der Waals surface area contributed by atoms with E-state index in [1.54, 1.807) is 0 Å². The Bertz CT molecular complexity index is 456. The van der Waals surface area contributed by atoms with Crippen LogP contribution in [0.2, 0.25) is 0 Å². The first-order chi connectivity index (χ1) is 17.2. The molecule has 0 radical (unpaired) electrons. The van der Waals surface area contributed by atoms with Crippen molar-refractivity contribution in [3.8, 4) is 0 Å². The van der Waals surface area contributed by atoms with Gasteiger partial charge >= 0.3 is 0 Å². The predicted octanol–water partition coefficient (Wildman–Crippen LogP) is 11.4. The Morgan fingerprint density at radius 1 is 0.457 bits per heavy atom. The van der Waals surface area contributed by atoms with E-state index in [4.69, 9.17) is 5.73 Å². The average Bonchev–Trinajstić information content (AvgIpc) is 2.85. The lowest BCUT2D eigenvalue weighted by molar-refractivity contribution is -0.114. The number of unbranched alkanes of at least 4 members (excludes halogenated alkanes) is 25. The maximum absolute atomic E-state index is 11.8. The van der Waals surface area contributed by atoms with E-state index < -0.39 is 0 Å². The lowest BCUT2D eigenvalue weighted by atomic mass is 10.0. The molecule has 2 nitrogen and oxygen atoms in total. The Kier molecular flexibility index (Phi) is 28.8. The summed E-state index contributed by atoms with van der Waals surface area (Å²) in [5.41, 5.74) is 6.51. The van der Waals surface area contributed by atoms with Crippen LogP contribution in [0.15, 0.2) is 11.6 Å². The van der Waals surface area contributed by atoms with E-state index in [0.29, 0.717) is 0 Å². The number of carbonyl (C=O) groups excluding carboxylic acids is 1. The van der Waals surface area contributed by atoms with Crippen molar-refractivity contribution in [3.05, 3.63) is 11.6 Å². The van der Waals surface area contributed by atoms with E-state index in [-0.39, 0.29) is 5.91 Å². The molecule has 0 spiro atoms. The molecule has 0 aliphatic rings. The summed E-state index contributed by atoms with van der Waals surface area (Å²) in [5.74, 6) is -0.196. The van der Waals surface area contributed by atoms with Gasteiger partial charge in [0.2, 0.25) is 5.91 Å². The highest BCUT2D eigenvalue weighted by Crippen LogP contribution is 2.17. The van der Waals surface area contributed by atoms with Gasteiger partial charge in [-0.25, -0.2) is 0 Å². The first-order valence-corrected chi connectivity index (χ1v) is 16.2. The SMILES string of the molecule is CCCCCCCCCCCCC=C(CCCCCCCCCCCCCCCCCC)C(N)=O. The summed E-state index contributed by atoms with van der Waals surface area (Å²) < 4.78 is 0. The smallest absolute Gasteiger partial charge is 0.244 e. The molecule has 0 aliphatic heterocycles. The van der Waals surface area contributed by atoms with Crippen molar-refractivity contribution in [2.45, 2.75) is 194 Å². The van der Waals surface area contributed by atoms with Crippen molar-refractivity contribution in [1.82, 2.24) is 0 Å². The molecule has 0 aromatic carbocycles. The molecule has 0 saturated carbocycles. The Hall–Kier alpha value is -0.790. The molecule has 0 aromatic rings. The van der Waals surface area contributed by atoms with Gasteiger partial charge in [0.05, 0.1) is 0 Å². The fourth-order valence-electron chi connectivity index (χ4n) is 5.10. The molecule has 2 heteroatoms. The van der Waals surface area contributed by atoms with Crippen LogP contribution in [-0.4, -0.2) is 5.91 Å². The van der Waals surface area contributed by atoms with Crippen LogP contribution < -0.4 is 5.73 Å². The Morgan fingerprint density at radius 2 is 0.743 bits per heavy atom. The standard InChI is InChI=1S/C33H65NO/c1-3-5-7-9-11-13-15-16-17-18-19-21-23-25-27-29-31-32(33(34)35)30-28-26-24-22-20-14-12-10-8-6-4-2/h30H,3-29,31H2,1-2H3,(H2,34,35). The Balaban J connectivity index is 3.47. The third-order valence-corrected chi connectivity index (χ3v) is 7.56. The molecule has 0 fully saturated rings. The van der Waals surface area contributed by atoms with Gasteiger partial charge in [0.25, 0.3) is 0 Å². The van der Waals surface area contributed by atoms with Crippen LogP contribution in [0.4, 0.5) is 0 Å². The quantitative estimate of drug-likeness (QED) is 0.0820. The van der Waals surface area contributed by atoms with Gasteiger partial charge in [-0.05, 0) is 25.7 Å². The van der Waals surface area contributed by atoms with Crippen molar-refractivity contribution in [2.75, 3.05) is 0 Å². The van der Waals surface area contributed by atoms with E-state index in [1.807, 2.05) is 0 Å². The van der Waals surface area contributed by atoms with Gasteiger partial charge < -0.3 is 5.73 Å². The number of rotatable bonds is 29. The van der Waals surface area contributed by atoms with E-state index in [1.165, 1.54) is 161 Å². The highest BCUT2D eigenvalue weighted by atomic mass is 16.1. The van der Waals surface area contributed by atoms with Crippen molar-refractivity contribution in [2.24, 2.45) is 5.73 Å². The van der Waals surface area contributed by atoms with E-state index in [2.05, 4.69) is 19.9 Å². The maximum Gasteiger partial charge on any atom is 0.244 e. The van der Waals surface area contributed by atoms with Crippen molar-refractivity contribution < 1.29 is 4.79 Å². The van der Waals surface area contributed by atoms with Crippen LogP contribution in [0.25, 0.3) is 0 Å². The summed E-state index contributed by atoms with van der Waals surface area (Å²) in [6.07, 6.45) is 39.7. The van der Waals surface area contributed by atoms with Crippen molar-refractivity contribution in [1.29, 1.82) is 0 Å². The number of hydrogen-bond donors (Lipinski definition) is 1. The second-order valence-corrected chi connectivity index (χ2v) is 11.1. The van der Waals surface area contributed by atoms with Crippen LogP contribution >= 0.6 is 0 Å². The molecule has 0 saturated heterocycles. The summed E-state index contributed by atoms with van der Waals surface area (Å²) in [4.78, 5) is 11.8. The third-order valence-electron chi connectivity index (χ3n) is 7.56. The molecule has 0 aromatic heterocycles. The van der Waals surface area contributed by atoms with E-state index in [0.717, 1.165) is 24.8 Å². The fraction of sp³-hybridized carbons (Fsp3) is 0.909. The lowest BCUT2D eigenvalue weighted by Gasteiger charge is -2.05.